The molecule has 9 heteroatoms. The van der Waals surface area contributed by atoms with E-state index >= 15 is 0 Å². The summed E-state index contributed by atoms with van der Waals surface area (Å²) in [6, 6.07) is 24.5. The Morgan fingerprint density at radius 3 is 2.38 bits per heavy atom. The standard InChI is InChI=1S/C31H24N2O6S/c1-19-10-13-22(14-11-19)40(36,37)33-28(16-20-18-32-27-9-5-4-6-23(20)27)31(35)38-21-12-15-25-24-7-2-3-8-26(24)30(34)39-29(25)17-21/h2-15,17-18,28,32-33H,16H2,1H3. The topological polar surface area (TPSA) is 118 Å². The van der Waals surface area contributed by atoms with Crippen LogP contribution in [0.25, 0.3) is 32.6 Å². The monoisotopic (exact) mass is 552 g/mol. The fourth-order valence-corrected chi connectivity index (χ4v) is 5.96. The van der Waals surface area contributed by atoms with Crippen LogP contribution in [0.5, 0.6) is 5.75 Å². The van der Waals surface area contributed by atoms with Crippen LogP contribution in [0, 0.1) is 6.92 Å². The predicted octanol–water partition coefficient (Wildman–Crippen LogP) is 5.23. The lowest BCUT2D eigenvalue weighted by Crippen LogP contribution is -2.44. The molecule has 40 heavy (non-hydrogen) atoms. The molecule has 0 radical (unpaired) electrons. The summed E-state index contributed by atoms with van der Waals surface area (Å²) in [4.78, 5) is 29.2. The molecule has 0 aliphatic heterocycles. The van der Waals surface area contributed by atoms with Crippen molar-refractivity contribution < 1.29 is 22.4 Å². The smallest absolute Gasteiger partial charge is 0.344 e. The van der Waals surface area contributed by atoms with Crippen LogP contribution in [0.3, 0.4) is 0 Å². The van der Waals surface area contributed by atoms with Crippen molar-refractivity contribution in [2.75, 3.05) is 0 Å². The molecule has 0 aliphatic rings. The van der Waals surface area contributed by atoms with Crippen molar-refractivity contribution >= 4 is 48.6 Å². The number of aromatic nitrogens is 1. The van der Waals surface area contributed by atoms with E-state index < -0.39 is 27.7 Å². The zero-order valence-corrected chi connectivity index (χ0v) is 22.2. The quantitative estimate of drug-likeness (QED) is 0.121. The Kier molecular flexibility index (Phi) is 6.45. The average molecular weight is 553 g/mol. The SMILES string of the molecule is Cc1ccc(S(=O)(=O)NC(Cc2c[nH]c3ccccc23)C(=O)Oc2ccc3c(c2)oc(=O)c2ccccc23)cc1. The van der Waals surface area contributed by atoms with Gasteiger partial charge in [-0.1, -0.05) is 54.1 Å². The second-order valence-electron chi connectivity index (χ2n) is 9.56. The van der Waals surface area contributed by atoms with Crippen LogP contribution in [0.1, 0.15) is 11.1 Å². The Labute approximate surface area is 229 Å². The van der Waals surface area contributed by atoms with Gasteiger partial charge in [0.2, 0.25) is 10.0 Å². The number of carbonyl (C=O) groups excluding carboxylic acids is 1. The Hall–Kier alpha value is -4.73. The molecule has 0 bridgehead atoms. The van der Waals surface area contributed by atoms with Gasteiger partial charge in [0.25, 0.3) is 0 Å². The molecule has 0 saturated heterocycles. The van der Waals surface area contributed by atoms with E-state index in [1.165, 1.54) is 18.2 Å². The number of benzene rings is 4. The van der Waals surface area contributed by atoms with Gasteiger partial charge in [-0.05, 0) is 54.3 Å². The van der Waals surface area contributed by atoms with Gasteiger partial charge in [0.05, 0.1) is 10.3 Å². The third-order valence-electron chi connectivity index (χ3n) is 6.82. The number of aryl methyl sites for hydroxylation is 1. The normalized spacial score (nSPS) is 12.6. The van der Waals surface area contributed by atoms with E-state index in [1.807, 2.05) is 43.3 Å². The number of sulfonamides is 1. The molecule has 6 rings (SSSR count). The van der Waals surface area contributed by atoms with Gasteiger partial charge in [0, 0.05) is 35.0 Å². The highest BCUT2D eigenvalue weighted by Gasteiger charge is 2.29. The highest BCUT2D eigenvalue weighted by molar-refractivity contribution is 7.89. The molecule has 1 atom stereocenters. The van der Waals surface area contributed by atoms with Crippen molar-refractivity contribution in [3.8, 4) is 5.75 Å². The van der Waals surface area contributed by atoms with Gasteiger partial charge >= 0.3 is 11.6 Å². The summed E-state index contributed by atoms with van der Waals surface area (Å²) in [6.07, 6.45) is 1.79. The molecule has 2 N–H and O–H groups in total. The van der Waals surface area contributed by atoms with E-state index in [1.54, 1.807) is 42.6 Å². The van der Waals surface area contributed by atoms with Crippen LogP contribution >= 0.6 is 0 Å². The number of rotatable bonds is 7. The maximum atomic E-state index is 13.5. The zero-order valence-electron chi connectivity index (χ0n) is 21.4. The minimum atomic E-state index is -4.06. The van der Waals surface area contributed by atoms with Crippen molar-refractivity contribution in [3.05, 3.63) is 119 Å². The summed E-state index contributed by atoms with van der Waals surface area (Å²) in [5.74, 6) is -0.683. The number of fused-ring (bicyclic) bond motifs is 4. The number of para-hydroxylation sites is 1. The van der Waals surface area contributed by atoms with E-state index in [0.29, 0.717) is 10.8 Å². The highest BCUT2D eigenvalue weighted by Crippen LogP contribution is 2.27. The molecule has 0 fully saturated rings. The maximum Gasteiger partial charge on any atom is 0.344 e. The van der Waals surface area contributed by atoms with E-state index in [2.05, 4.69) is 9.71 Å². The summed E-state index contributed by atoms with van der Waals surface area (Å²) in [6.45, 7) is 1.86. The summed E-state index contributed by atoms with van der Waals surface area (Å²) in [5, 5.41) is 2.72. The van der Waals surface area contributed by atoms with E-state index in [-0.39, 0.29) is 22.6 Å². The van der Waals surface area contributed by atoms with E-state index in [0.717, 1.165) is 27.4 Å². The Bertz CT molecular complexity index is 2060. The van der Waals surface area contributed by atoms with Gasteiger partial charge in [-0.15, -0.1) is 0 Å². The lowest BCUT2D eigenvalue weighted by atomic mass is 10.1. The number of hydrogen-bond donors (Lipinski definition) is 2. The van der Waals surface area contributed by atoms with E-state index in [9.17, 15) is 18.0 Å². The fourth-order valence-electron chi connectivity index (χ4n) is 4.78. The van der Waals surface area contributed by atoms with Gasteiger partial charge in [-0.25, -0.2) is 18.0 Å². The molecular formula is C31H24N2O6S. The predicted molar refractivity (Wildman–Crippen MR) is 153 cm³/mol. The van der Waals surface area contributed by atoms with Gasteiger partial charge < -0.3 is 14.1 Å². The Morgan fingerprint density at radius 1 is 0.900 bits per heavy atom. The third kappa shape index (κ3) is 4.88. The fraction of sp³-hybridized carbons (Fsp3) is 0.0968. The molecule has 200 valence electrons. The molecule has 2 heterocycles. The summed E-state index contributed by atoms with van der Waals surface area (Å²) < 4.78 is 40.2. The third-order valence-corrected chi connectivity index (χ3v) is 8.31. The zero-order chi connectivity index (χ0) is 27.9. The van der Waals surface area contributed by atoms with Crippen LogP contribution < -0.4 is 15.1 Å². The number of H-pyrrole nitrogens is 1. The van der Waals surface area contributed by atoms with Gasteiger partial charge in [-0.2, -0.15) is 4.72 Å². The van der Waals surface area contributed by atoms with Crippen molar-refractivity contribution in [1.29, 1.82) is 0 Å². The summed E-state index contributed by atoms with van der Waals surface area (Å²) >= 11 is 0. The Balaban J connectivity index is 1.34. The lowest BCUT2D eigenvalue weighted by Gasteiger charge is -2.18. The number of carbonyl (C=O) groups is 1. The van der Waals surface area contributed by atoms with Gasteiger partial charge in [0.1, 0.15) is 17.4 Å². The molecular weight excluding hydrogens is 528 g/mol. The van der Waals surface area contributed by atoms with Crippen molar-refractivity contribution in [2.24, 2.45) is 0 Å². The number of esters is 1. The second-order valence-corrected chi connectivity index (χ2v) is 11.3. The number of aromatic amines is 1. The molecule has 0 amide bonds. The molecule has 1 unspecified atom stereocenters. The molecule has 6 aromatic rings. The molecule has 0 spiro atoms. The van der Waals surface area contributed by atoms with E-state index in [4.69, 9.17) is 9.15 Å². The first-order valence-corrected chi connectivity index (χ1v) is 14.1. The molecule has 2 aromatic heterocycles. The summed E-state index contributed by atoms with van der Waals surface area (Å²) in [7, 11) is -4.06. The van der Waals surface area contributed by atoms with Crippen molar-refractivity contribution in [1.82, 2.24) is 9.71 Å². The molecule has 0 saturated carbocycles. The van der Waals surface area contributed by atoms with Gasteiger partial charge in [-0.3, -0.25) is 0 Å². The van der Waals surface area contributed by atoms with Gasteiger partial charge in [0.15, 0.2) is 0 Å². The Morgan fingerprint density at radius 2 is 1.60 bits per heavy atom. The number of nitrogens with one attached hydrogen (secondary N) is 2. The van der Waals surface area contributed by atoms with Crippen LogP contribution in [0.15, 0.2) is 111 Å². The second kappa shape index (κ2) is 10.1. The number of hydrogen-bond acceptors (Lipinski definition) is 6. The van der Waals surface area contributed by atoms with Crippen molar-refractivity contribution in [3.63, 3.8) is 0 Å². The van der Waals surface area contributed by atoms with Crippen LogP contribution in [0.4, 0.5) is 0 Å². The molecule has 4 aromatic carbocycles. The summed E-state index contributed by atoms with van der Waals surface area (Å²) in [5.41, 5.74) is 2.27. The minimum Gasteiger partial charge on any atom is -0.425 e. The minimum absolute atomic E-state index is 0.0363. The largest absolute Gasteiger partial charge is 0.425 e. The maximum absolute atomic E-state index is 13.5. The molecule has 0 aliphatic carbocycles. The van der Waals surface area contributed by atoms with Crippen LogP contribution in [-0.4, -0.2) is 25.4 Å². The first-order chi connectivity index (χ1) is 19.3. The first kappa shape index (κ1) is 25.5. The molecule has 8 nitrogen and oxygen atoms in total. The highest BCUT2D eigenvalue weighted by atomic mass is 32.2. The first-order valence-electron chi connectivity index (χ1n) is 12.6. The number of ether oxygens (including phenoxy) is 1. The van der Waals surface area contributed by atoms with Crippen LogP contribution in [0.2, 0.25) is 0 Å². The lowest BCUT2D eigenvalue weighted by molar-refractivity contribution is -0.136. The van der Waals surface area contributed by atoms with Crippen LogP contribution in [-0.2, 0) is 21.2 Å². The van der Waals surface area contributed by atoms with Crippen molar-refractivity contribution in [2.45, 2.75) is 24.3 Å². The average Bonchev–Trinajstić information content (AvgIpc) is 3.35.